The molecule has 2 aliphatic rings. The van der Waals surface area contributed by atoms with Crippen LogP contribution in [0.4, 0.5) is 0 Å². The Morgan fingerprint density at radius 3 is 2.52 bits per heavy atom. The lowest BCUT2D eigenvalue weighted by atomic mass is 9.92. The molecule has 2 fully saturated rings. The molecule has 1 atom stereocenters. The highest BCUT2D eigenvalue weighted by molar-refractivity contribution is 7.91. The molecule has 1 saturated heterocycles. The Labute approximate surface area is 174 Å². The van der Waals surface area contributed by atoms with E-state index in [0.717, 1.165) is 25.9 Å². The lowest BCUT2D eigenvalue weighted by molar-refractivity contribution is 0.0835. The summed E-state index contributed by atoms with van der Waals surface area (Å²) in [5.74, 6) is -0.195. The number of hydrogen-bond acceptors (Lipinski definition) is 5. The van der Waals surface area contributed by atoms with Crippen LogP contribution in [-0.4, -0.2) is 50.2 Å². The van der Waals surface area contributed by atoms with Crippen LogP contribution in [0.5, 0.6) is 0 Å². The summed E-state index contributed by atoms with van der Waals surface area (Å²) >= 11 is 0. The highest BCUT2D eigenvalue weighted by atomic mass is 32.2. The minimum atomic E-state index is -3.41. The molecule has 6 nitrogen and oxygen atoms in total. The van der Waals surface area contributed by atoms with Crippen LogP contribution in [0.3, 0.4) is 0 Å². The molecular formula is C22H31N3O3S. The van der Waals surface area contributed by atoms with E-state index in [1.54, 1.807) is 12.1 Å². The van der Waals surface area contributed by atoms with Gasteiger partial charge in [-0.15, -0.1) is 0 Å². The molecule has 1 aromatic carbocycles. The first kappa shape index (κ1) is 21.8. The minimum Gasteiger partial charge on any atom is -0.348 e. The van der Waals surface area contributed by atoms with E-state index in [-0.39, 0.29) is 29.0 Å². The number of nitrogens with one attached hydrogen (secondary N) is 1. The standard InChI is InChI=1S/C22H31N3O3S/c23-14-4-5-16-29(27,28)21-12-10-18(11-13-21)22(26)24-19-7-6-15-25(17-19)20-8-2-1-3-9-20/h10-13,19-20H,1-9,15-17H2,(H,24,26). The summed E-state index contributed by atoms with van der Waals surface area (Å²) in [6.45, 7) is 2.02. The maximum atomic E-state index is 12.7. The van der Waals surface area contributed by atoms with Crippen molar-refractivity contribution in [1.82, 2.24) is 10.2 Å². The molecule has 0 aromatic heterocycles. The van der Waals surface area contributed by atoms with Gasteiger partial charge < -0.3 is 5.32 Å². The largest absolute Gasteiger partial charge is 0.348 e. The summed E-state index contributed by atoms with van der Waals surface area (Å²) in [6, 6.07) is 8.90. The molecule has 1 aromatic rings. The van der Waals surface area contributed by atoms with Crippen molar-refractivity contribution in [2.45, 2.75) is 74.8 Å². The molecule has 0 spiro atoms. The van der Waals surface area contributed by atoms with Crippen molar-refractivity contribution in [1.29, 1.82) is 5.26 Å². The predicted octanol–water partition coefficient (Wildman–Crippen LogP) is 3.29. The number of carbonyl (C=O) groups excluding carboxylic acids is 1. The summed E-state index contributed by atoms with van der Waals surface area (Å²) in [4.78, 5) is 15.4. The van der Waals surface area contributed by atoms with Gasteiger partial charge in [-0.3, -0.25) is 9.69 Å². The molecule has 1 unspecified atom stereocenters. The van der Waals surface area contributed by atoms with Gasteiger partial charge in [0, 0.05) is 30.6 Å². The van der Waals surface area contributed by atoms with Crippen molar-refractivity contribution in [2.75, 3.05) is 18.8 Å². The van der Waals surface area contributed by atoms with Gasteiger partial charge >= 0.3 is 0 Å². The van der Waals surface area contributed by atoms with E-state index in [0.29, 0.717) is 18.0 Å². The van der Waals surface area contributed by atoms with Gasteiger partial charge in [0.1, 0.15) is 0 Å². The van der Waals surface area contributed by atoms with Gasteiger partial charge in [0.05, 0.1) is 16.7 Å². The molecule has 29 heavy (non-hydrogen) atoms. The number of rotatable bonds is 7. The van der Waals surface area contributed by atoms with E-state index in [2.05, 4.69) is 10.2 Å². The second-order valence-corrected chi connectivity index (χ2v) is 10.3. The molecule has 1 saturated carbocycles. The van der Waals surface area contributed by atoms with Gasteiger partial charge in [-0.05, 0) is 62.9 Å². The number of sulfone groups is 1. The van der Waals surface area contributed by atoms with Crippen LogP contribution < -0.4 is 5.32 Å². The number of unbranched alkanes of at least 4 members (excludes halogenated alkanes) is 1. The van der Waals surface area contributed by atoms with E-state index in [1.807, 2.05) is 6.07 Å². The van der Waals surface area contributed by atoms with E-state index in [1.165, 1.54) is 44.2 Å². The first-order valence-corrected chi connectivity index (χ1v) is 12.4. The predicted molar refractivity (Wildman–Crippen MR) is 112 cm³/mol. The Kier molecular flexibility index (Phi) is 7.68. The molecule has 1 aliphatic carbocycles. The number of hydrogen-bond donors (Lipinski definition) is 1. The number of nitriles is 1. The first-order valence-electron chi connectivity index (χ1n) is 10.7. The van der Waals surface area contributed by atoms with Gasteiger partial charge in [0.2, 0.25) is 0 Å². The zero-order valence-electron chi connectivity index (χ0n) is 17.0. The Morgan fingerprint density at radius 1 is 1.10 bits per heavy atom. The maximum absolute atomic E-state index is 12.7. The van der Waals surface area contributed by atoms with Crippen molar-refractivity contribution in [2.24, 2.45) is 0 Å². The highest BCUT2D eigenvalue weighted by Gasteiger charge is 2.28. The average molecular weight is 418 g/mol. The number of benzene rings is 1. The second kappa shape index (κ2) is 10.2. The number of likely N-dealkylation sites (tertiary alicyclic amines) is 1. The summed E-state index contributed by atoms with van der Waals surface area (Å²) in [6.07, 6.45) is 9.12. The third kappa shape index (κ3) is 6.03. The molecule has 7 heteroatoms. The highest BCUT2D eigenvalue weighted by Crippen LogP contribution is 2.25. The van der Waals surface area contributed by atoms with Crippen molar-refractivity contribution in [3.05, 3.63) is 29.8 Å². The van der Waals surface area contributed by atoms with E-state index in [9.17, 15) is 13.2 Å². The Balaban J connectivity index is 1.55. The minimum absolute atomic E-state index is 0.0504. The summed E-state index contributed by atoms with van der Waals surface area (Å²) in [5, 5.41) is 11.7. The molecular weight excluding hydrogens is 386 g/mol. The maximum Gasteiger partial charge on any atom is 0.251 e. The van der Waals surface area contributed by atoms with Crippen LogP contribution in [0.15, 0.2) is 29.2 Å². The molecule has 3 rings (SSSR count). The van der Waals surface area contributed by atoms with E-state index < -0.39 is 9.84 Å². The van der Waals surface area contributed by atoms with Gasteiger partial charge in [-0.2, -0.15) is 5.26 Å². The normalized spacial score (nSPS) is 21.4. The monoisotopic (exact) mass is 417 g/mol. The van der Waals surface area contributed by atoms with Gasteiger partial charge in [0.25, 0.3) is 5.91 Å². The smallest absolute Gasteiger partial charge is 0.251 e. The number of nitrogens with zero attached hydrogens (tertiary/aromatic N) is 2. The first-order chi connectivity index (χ1) is 14.0. The molecule has 0 bridgehead atoms. The van der Waals surface area contributed by atoms with Crippen LogP contribution in [0, 0.1) is 11.3 Å². The third-order valence-corrected chi connectivity index (χ3v) is 7.87. The average Bonchev–Trinajstić information content (AvgIpc) is 2.75. The summed E-state index contributed by atoms with van der Waals surface area (Å²) in [5.41, 5.74) is 0.482. The Bertz CT molecular complexity index is 824. The van der Waals surface area contributed by atoms with Crippen LogP contribution >= 0.6 is 0 Å². The van der Waals surface area contributed by atoms with Crippen LogP contribution in [0.2, 0.25) is 0 Å². The van der Waals surface area contributed by atoms with Crippen molar-refractivity contribution < 1.29 is 13.2 Å². The fraction of sp³-hybridized carbons (Fsp3) is 0.636. The molecule has 1 aliphatic heterocycles. The fourth-order valence-electron chi connectivity index (χ4n) is 4.44. The summed E-state index contributed by atoms with van der Waals surface area (Å²) < 4.78 is 24.6. The van der Waals surface area contributed by atoms with Gasteiger partial charge in [0.15, 0.2) is 9.84 Å². The molecule has 1 N–H and O–H groups in total. The molecule has 0 radical (unpaired) electrons. The molecule has 158 valence electrons. The van der Waals surface area contributed by atoms with E-state index in [4.69, 9.17) is 5.26 Å². The fourth-order valence-corrected chi connectivity index (χ4v) is 5.75. The molecule has 1 amide bonds. The summed E-state index contributed by atoms with van der Waals surface area (Å²) in [7, 11) is -3.41. The Morgan fingerprint density at radius 2 is 1.83 bits per heavy atom. The number of piperidine rings is 1. The van der Waals surface area contributed by atoms with Crippen LogP contribution in [0.25, 0.3) is 0 Å². The topological polar surface area (TPSA) is 90.3 Å². The third-order valence-electron chi connectivity index (χ3n) is 6.06. The second-order valence-electron chi connectivity index (χ2n) is 8.20. The van der Waals surface area contributed by atoms with Crippen LogP contribution in [-0.2, 0) is 9.84 Å². The lowest BCUT2D eigenvalue weighted by Gasteiger charge is -2.40. The van der Waals surface area contributed by atoms with Crippen LogP contribution in [0.1, 0.15) is 68.1 Å². The van der Waals surface area contributed by atoms with Crippen molar-refractivity contribution >= 4 is 15.7 Å². The quantitative estimate of drug-likeness (QED) is 0.688. The number of amides is 1. The van der Waals surface area contributed by atoms with Gasteiger partial charge in [-0.1, -0.05) is 19.3 Å². The molecule has 1 heterocycles. The zero-order chi connectivity index (χ0) is 20.7. The zero-order valence-corrected chi connectivity index (χ0v) is 17.8. The number of carbonyl (C=O) groups is 1. The Hall–Kier alpha value is -1.91. The van der Waals surface area contributed by atoms with Gasteiger partial charge in [-0.25, -0.2) is 8.42 Å². The van der Waals surface area contributed by atoms with E-state index >= 15 is 0 Å². The SMILES string of the molecule is N#CCCCS(=O)(=O)c1ccc(C(=O)NC2CCCN(C3CCCCC3)C2)cc1. The van der Waals surface area contributed by atoms with Crippen molar-refractivity contribution in [3.8, 4) is 6.07 Å². The lowest BCUT2D eigenvalue weighted by Crippen LogP contribution is -2.51. The van der Waals surface area contributed by atoms with Crippen molar-refractivity contribution in [3.63, 3.8) is 0 Å².